The Morgan fingerprint density at radius 3 is 2.72 bits per heavy atom. The molecule has 1 aromatic heterocycles. The predicted octanol–water partition coefficient (Wildman–Crippen LogP) is 2.80. The fourth-order valence-corrected chi connectivity index (χ4v) is 5.53. The summed E-state index contributed by atoms with van der Waals surface area (Å²) < 4.78 is 0. The van der Waals surface area contributed by atoms with Crippen LogP contribution in [0.15, 0.2) is 0 Å². The lowest BCUT2D eigenvalue weighted by molar-refractivity contribution is 0.456. The maximum atomic E-state index is 4.46. The Hall–Kier alpha value is -0.480. The zero-order valence-corrected chi connectivity index (χ0v) is 11.7. The van der Waals surface area contributed by atoms with Crippen molar-refractivity contribution in [2.24, 2.45) is 23.7 Å². The molecular formula is C14H21N3S. The van der Waals surface area contributed by atoms with Gasteiger partial charge in [-0.25, -0.2) is 0 Å². The first-order chi connectivity index (χ1) is 8.88. The number of hydrogen-bond donors (Lipinski definition) is 1. The molecule has 3 nitrogen and oxygen atoms in total. The quantitative estimate of drug-likeness (QED) is 0.830. The summed E-state index contributed by atoms with van der Waals surface area (Å²) in [6.45, 7) is 4.17. The van der Waals surface area contributed by atoms with Crippen molar-refractivity contribution in [3.63, 3.8) is 0 Å². The Kier molecular flexibility index (Phi) is 2.69. The minimum Gasteiger partial charge on any atom is -0.310 e. The monoisotopic (exact) mass is 263 g/mol. The average Bonchev–Trinajstić information content (AvgIpc) is 2.77. The van der Waals surface area contributed by atoms with Crippen molar-refractivity contribution in [2.45, 2.75) is 45.1 Å². The second kappa shape index (κ2) is 4.27. The van der Waals surface area contributed by atoms with Crippen LogP contribution in [0.1, 0.15) is 48.5 Å². The number of rotatable bonds is 5. The summed E-state index contributed by atoms with van der Waals surface area (Å²) in [5, 5.41) is 14.7. The largest absolute Gasteiger partial charge is 0.310 e. The number of fused-ring (bicyclic) bond motifs is 5. The van der Waals surface area contributed by atoms with Gasteiger partial charge in [-0.15, -0.1) is 10.2 Å². The van der Waals surface area contributed by atoms with E-state index in [0.717, 1.165) is 42.7 Å². The molecule has 1 aromatic rings. The molecule has 3 saturated carbocycles. The summed E-state index contributed by atoms with van der Waals surface area (Å²) >= 11 is 1.86. The van der Waals surface area contributed by atoms with Crippen LogP contribution in [0.2, 0.25) is 0 Å². The van der Waals surface area contributed by atoms with Crippen molar-refractivity contribution >= 4 is 11.3 Å². The van der Waals surface area contributed by atoms with Crippen LogP contribution in [0.4, 0.5) is 0 Å². The molecule has 0 amide bonds. The summed E-state index contributed by atoms with van der Waals surface area (Å²) in [4.78, 5) is 0. The van der Waals surface area contributed by atoms with Gasteiger partial charge in [0.15, 0.2) is 0 Å². The van der Waals surface area contributed by atoms with E-state index in [2.05, 4.69) is 22.4 Å². The van der Waals surface area contributed by atoms with E-state index < -0.39 is 0 Å². The molecule has 0 aromatic carbocycles. The fourth-order valence-electron chi connectivity index (χ4n) is 4.50. The van der Waals surface area contributed by atoms with Gasteiger partial charge in [-0.2, -0.15) is 0 Å². The van der Waals surface area contributed by atoms with Gasteiger partial charge in [-0.05, 0) is 55.9 Å². The van der Waals surface area contributed by atoms with Crippen molar-refractivity contribution in [3.8, 4) is 0 Å². The average molecular weight is 263 g/mol. The molecule has 0 spiro atoms. The van der Waals surface area contributed by atoms with E-state index in [0.29, 0.717) is 0 Å². The Labute approximate surface area is 112 Å². The van der Waals surface area contributed by atoms with Crippen LogP contribution < -0.4 is 5.32 Å². The lowest BCUT2D eigenvalue weighted by atomic mass is 10.0. The van der Waals surface area contributed by atoms with Crippen molar-refractivity contribution in [1.82, 2.24) is 15.5 Å². The van der Waals surface area contributed by atoms with Crippen molar-refractivity contribution in [2.75, 3.05) is 6.54 Å². The van der Waals surface area contributed by atoms with Gasteiger partial charge >= 0.3 is 0 Å². The van der Waals surface area contributed by atoms with Gasteiger partial charge in [0.05, 0.1) is 0 Å². The molecule has 3 aliphatic carbocycles. The first kappa shape index (κ1) is 11.4. The molecule has 4 unspecified atom stereocenters. The van der Waals surface area contributed by atoms with Crippen molar-refractivity contribution < 1.29 is 0 Å². The lowest BCUT2D eigenvalue weighted by Crippen LogP contribution is -2.13. The number of hydrogen-bond acceptors (Lipinski definition) is 4. The van der Waals surface area contributed by atoms with E-state index in [4.69, 9.17) is 0 Å². The summed E-state index contributed by atoms with van der Waals surface area (Å²) in [5.74, 6) is 4.86. The van der Waals surface area contributed by atoms with E-state index in [1.807, 2.05) is 11.3 Å². The van der Waals surface area contributed by atoms with E-state index >= 15 is 0 Å². The van der Waals surface area contributed by atoms with E-state index in [-0.39, 0.29) is 0 Å². The zero-order valence-electron chi connectivity index (χ0n) is 10.9. The zero-order chi connectivity index (χ0) is 12.1. The van der Waals surface area contributed by atoms with Crippen LogP contribution in [0.3, 0.4) is 0 Å². The van der Waals surface area contributed by atoms with Gasteiger partial charge in [-0.3, -0.25) is 0 Å². The highest BCUT2D eigenvalue weighted by molar-refractivity contribution is 7.11. The summed E-state index contributed by atoms with van der Waals surface area (Å²) in [6, 6.07) is 0. The molecule has 1 heterocycles. The first-order valence-corrected chi connectivity index (χ1v) is 8.23. The Morgan fingerprint density at radius 1 is 1.22 bits per heavy atom. The minimum absolute atomic E-state index is 0.800. The Bertz CT molecular complexity index is 428. The molecular weight excluding hydrogens is 242 g/mol. The van der Waals surface area contributed by atoms with Crippen LogP contribution in [0.5, 0.6) is 0 Å². The molecule has 3 aliphatic rings. The van der Waals surface area contributed by atoms with Gasteiger partial charge in [0.1, 0.15) is 10.0 Å². The molecule has 1 N–H and O–H groups in total. The van der Waals surface area contributed by atoms with Gasteiger partial charge in [0.2, 0.25) is 0 Å². The molecule has 3 fully saturated rings. The summed E-state index contributed by atoms with van der Waals surface area (Å²) in [6.07, 6.45) is 5.69. The number of aromatic nitrogens is 2. The SMILES string of the molecule is CCCNCc1nnc(C2C3C4CCC(C4)C23)s1. The highest BCUT2D eigenvalue weighted by atomic mass is 32.1. The second-order valence-electron chi connectivity index (χ2n) is 6.22. The molecule has 98 valence electrons. The highest BCUT2D eigenvalue weighted by Crippen LogP contribution is 2.73. The number of nitrogens with one attached hydrogen (secondary N) is 1. The van der Waals surface area contributed by atoms with E-state index in [1.54, 1.807) is 0 Å². The smallest absolute Gasteiger partial charge is 0.131 e. The van der Waals surface area contributed by atoms with Crippen LogP contribution in [-0.4, -0.2) is 16.7 Å². The third-order valence-corrected chi connectivity index (χ3v) is 6.23. The van der Waals surface area contributed by atoms with Gasteiger partial charge in [0, 0.05) is 12.5 Å². The van der Waals surface area contributed by atoms with Gasteiger partial charge < -0.3 is 5.32 Å². The van der Waals surface area contributed by atoms with E-state index in [9.17, 15) is 0 Å². The minimum atomic E-state index is 0.800. The van der Waals surface area contributed by atoms with Gasteiger partial charge in [0.25, 0.3) is 0 Å². The third-order valence-electron chi connectivity index (χ3n) is 5.21. The topological polar surface area (TPSA) is 37.8 Å². The fraction of sp³-hybridized carbons (Fsp3) is 0.857. The molecule has 4 rings (SSSR count). The van der Waals surface area contributed by atoms with Crippen LogP contribution >= 0.6 is 11.3 Å². The summed E-state index contributed by atoms with van der Waals surface area (Å²) in [5.41, 5.74) is 0. The predicted molar refractivity (Wildman–Crippen MR) is 72.5 cm³/mol. The molecule has 0 aliphatic heterocycles. The standard InChI is InChI=1S/C14H21N3S/c1-2-5-15-7-10-16-17-14(18-10)13-11-8-3-4-9(6-8)12(11)13/h8-9,11-13,15H,2-7H2,1H3. The Morgan fingerprint density at radius 2 is 2.00 bits per heavy atom. The molecule has 18 heavy (non-hydrogen) atoms. The Balaban J connectivity index is 1.41. The highest BCUT2D eigenvalue weighted by Gasteiger charge is 2.66. The molecule has 2 bridgehead atoms. The van der Waals surface area contributed by atoms with Crippen LogP contribution in [-0.2, 0) is 6.54 Å². The lowest BCUT2D eigenvalue weighted by Gasteiger charge is -2.04. The van der Waals surface area contributed by atoms with Crippen LogP contribution in [0.25, 0.3) is 0 Å². The third kappa shape index (κ3) is 1.65. The summed E-state index contributed by atoms with van der Waals surface area (Å²) in [7, 11) is 0. The number of nitrogens with zero attached hydrogens (tertiary/aromatic N) is 2. The molecule has 4 atom stereocenters. The van der Waals surface area contributed by atoms with Crippen LogP contribution in [0, 0.1) is 23.7 Å². The van der Waals surface area contributed by atoms with Gasteiger partial charge in [-0.1, -0.05) is 18.3 Å². The molecule has 0 saturated heterocycles. The van der Waals surface area contributed by atoms with Crippen molar-refractivity contribution in [3.05, 3.63) is 10.0 Å². The maximum absolute atomic E-state index is 4.46. The van der Waals surface area contributed by atoms with E-state index in [1.165, 1.54) is 35.7 Å². The molecule has 4 heteroatoms. The first-order valence-electron chi connectivity index (χ1n) is 7.41. The maximum Gasteiger partial charge on any atom is 0.131 e. The normalized spacial score (nSPS) is 40.2. The molecule has 0 radical (unpaired) electrons. The van der Waals surface area contributed by atoms with Crippen molar-refractivity contribution in [1.29, 1.82) is 0 Å². The second-order valence-corrected chi connectivity index (χ2v) is 7.32.